The fourth-order valence-corrected chi connectivity index (χ4v) is 7.66. The van der Waals surface area contributed by atoms with Crippen molar-refractivity contribution in [3.05, 3.63) is 219 Å². The number of rotatable bonds is 54. The second-order valence-corrected chi connectivity index (χ2v) is 19.7. The van der Waals surface area contributed by atoms with E-state index in [1.54, 1.807) is 0 Å². The number of hydrogen-bond donors (Lipinski definition) is 1. The zero-order valence-corrected chi connectivity index (χ0v) is 50.5. The minimum absolute atomic E-state index is 0.104. The summed E-state index contributed by atoms with van der Waals surface area (Å²) >= 11 is 0. The van der Waals surface area contributed by atoms with Crippen molar-refractivity contribution in [1.82, 2.24) is 0 Å². The van der Waals surface area contributed by atoms with E-state index in [1.165, 1.54) is 32.1 Å². The van der Waals surface area contributed by atoms with Crippen LogP contribution < -0.4 is 0 Å². The van der Waals surface area contributed by atoms with Gasteiger partial charge in [0.1, 0.15) is 6.61 Å². The highest BCUT2D eigenvalue weighted by molar-refractivity contribution is 5.70. The summed E-state index contributed by atoms with van der Waals surface area (Å²) in [6.07, 6.45) is 111. The lowest BCUT2D eigenvalue weighted by atomic mass is 10.1. The lowest BCUT2D eigenvalue weighted by Crippen LogP contribution is -2.28. The maximum atomic E-state index is 12.3. The van der Waals surface area contributed by atoms with Crippen LogP contribution in [-0.2, 0) is 19.1 Å². The first-order valence-electron chi connectivity index (χ1n) is 31.3. The molecule has 0 aromatic carbocycles. The van der Waals surface area contributed by atoms with Gasteiger partial charge in [0.05, 0.1) is 6.61 Å². The van der Waals surface area contributed by atoms with Gasteiger partial charge in [-0.25, -0.2) is 0 Å². The number of aliphatic hydroxyl groups is 1. The maximum absolute atomic E-state index is 12.3. The highest BCUT2D eigenvalue weighted by atomic mass is 16.6. The summed E-state index contributed by atoms with van der Waals surface area (Å²) in [6, 6.07) is 0. The van der Waals surface area contributed by atoms with Gasteiger partial charge in [-0.15, -0.1) is 0 Å². The van der Waals surface area contributed by atoms with Gasteiger partial charge in [-0.3, -0.25) is 9.59 Å². The first-order chi connectivity index (χ1) is 39.6. The quantitative estimate of drug-likeness (QED) is 0.0373. The van der Waals surface area contributed by atoms with E-state index in [1.807, 2.05) is 0 Å². The normalized spacial score (nSPS) is 13.8. The van der Waals surface area contributed by atoms with Gasteiger partial charge in [0, 0.05) is 12.8 Å². The van der Waals surface area contributed by atoms with Crippen molar-refractivity contribution < 1.29 is 24.2 Å². The summed E-state index contributed by atoms with van der Waals surface area (Å²) in [5.41, 5.74) is 0. The Balaban J connectivity index is 3.72. The van der Waals surface area contributed by atoms with Gasteiger partial charge >= 0.3 is 11.9 Å². The highest BCUT2D eigenvalue weighted by Gasteiger charge is 2.16. The Labute approximate surface area is 491 Å². The number of carbonyl (C=O) groups is 2. The van der Waals surface area contributed by atoms with Gasteiger partial charge in [-0.05, 0) is 154 Å². The van der Waals surface area contributed by atoms with Gasteiger partial charge in [0.25, 0.3) is 0 Å². The van der Waals surface area contributed by atoms with Gasteiger partial charge in [0.2, 0.25) is 0 Å². The van der Waals surface area contributed by atoms with Gasteiger partial charge in [0.15, 0.2) is 6.10 Å². The van der Waals surface area contributed by atoms with Crippen LogP contribution in [0, 0.1) is 0 Å². The average Bonchev–Trinajstić information content (AvgIpc) is 3.46. The monoisotopic (exact) mass is 1090 g/mol. The second-order valence-electron chi connectivity index (χ2n) is 19.7. The molecule has 1 N–H and O–H groups in total. The van der Waals surface area contributed by atoms with Crippen LogP contribution in [0.4, 0.5) is 0 Å². The van der Waals surface area contributed by atoms with Gasteiger partial charge in [-0.1, -0.05) is 271 Å². The molecule has 0 fully saturated rings. The summed E-state index contributed by atoms with van der Waals surface area (Å²) in [4.78, 5) is 24.6. The van der Waals surface area contributed by atoms with Gasteiger partial charge in [-0.2, -0.15) is 0 Å². The van der Waals surface area contributed by atoms with E-state index < -0.39 is 6.10 Å². The van der Waals surface area contributed by atoms with Crippen LogP contribution in [-0.4, -0.2) is 36.4 Å². The van der Waals surface area contributed by atoms with Crippen molar-refractivity contribution in [3.63, 3.8) is 0 Å². The van der Waals surface area contributed by atoms with Crippen molar-refractivity contribution in [3.8, 4) is 0 Å². The molecule has 0 heterocycles. The number of aliphatic hydroxyl groups excluding tert-OH is 1. The molecule has 0 aliphatic carbocycles. The zero-order valence-electron chi connectivity index (χ0n) is 50.5. The summed E-state index contributed by atoms with van der Waals surface area (Å²) < 4.78 is 10.7. The van der Waals surface area contributed by atoms with Crippen LogP contribution in [0.2, 0.25) is 0 Å². The molecule has 5 heteroatoms. The van der Waals surface area contributed by atoms with E-state index >= 15 is 0 Å². The lowest BCUT2D eigenvalue weighted by molar-refractivity contribution is -0.161. The molecule has 0 amide bonds. The molecular weight excluding hydrogens is 981 g/mol. The summed E-state index contributed by atoms with van der Waals surface area (Å²) in [6.45, 7) is 3.85. The first kappa shape index (κ1) is 74.2. The maximum Gasteiger partial charge on any atom is 0.306 e. The van der Waals surface area contributed by atoms with Crippen molar-refractivity contribution in [2.45, 2.75) is 225 Å². The minimum Gasteiger partial charge on any atom is -0.462 e. The van der Waals surface area contributed by atoms with Gasteiger partial charge < -0.3 is 14.6 Å². The molecule has 0 aliphatic heterocycles. The van der Waals surface area contributed by atoms with E-state index in [-0.39, 0.29) is 31.6 Å². The summed E-state index contributed by atoms with van der Waals surface area (Å²) in [7, 11) is 0. The molecule has 5 nitrogen and oxygen atoms in total. The lowest BCUT2D eigenvalue weighted by Gasteiger charge is -2.15. The Morgan fingerprint density at radius 3 is 0.775 bits per heavy atom. The summed E-state index contributed by atoms with van der Waals surface area (Å²) in [5, 5.41) is 9.67. The molecule has 1 atom stereocenters. The molecular formula is C75H112O5. The predicted molar refractivity (Wildman–Crippen MR) is 352 cm³/mol. The minimum atomic E-state index is -0.819. The number of esters is 2. The van der Waals surface area contributed by atoms with E-state index in [0.717, 1.165) is 154 Å². The molecule has 0 aromatic rings. The van der Waals surface area contributed by atoms with Crippen LogP contribution in [0.1, 0.15) is 219 Å². The van der Waals surface area contributed by atoms with Crippen molar-refractivity contribution in [2.75, 3.05) is 13.2 Å². The smallest absolute Gasteiger partial charge is 0.306 e. The van der Waals surface area contributed by atoms with Crippen LogP contribution in [0.25, 0.3) is 0 Å². The molecule has 0 bridgehead atoms. The van der Waals surface area contributed by atoms with E-state index in [2.05, 4.69) is 233 Å². The van der Waals surface area contributed by atoms with E-state index in [4.69, 9.17) is 9.47 Å². The molecule has 0 aliphatic rings. The van der Waals surface area contributed by atoms with Crippen molar-refractivity contribution >= 4 is 11.9 Å². The molecule has 80 heavy (non-hydrogen) atoms. The Morgan fingerprint density at radius 1 is 0.287 bits per heavy atom. The fourth-order valence-electron chi connectivity index (χ4n) is 7.66. The molecule has 1 unspecified atom stereocenters. The largest absolute Gasteiger partial charge is 0.462 e. The number of hydrogen-bond acceptors (Lipinski definition) is 5. The molecule has 0 spiro atoms. The van der Waals surface area contributed by atoms with Crippen molar-refractivity contribution in [2.24, 2.45) is 0 Å². The van der Waals surface area contributed by atoms with Crippen LogP contribution >= 0.6 is 0 Å². The topological polar surface area (TPSA) is 72.8 Å². The number of allylic oxidation sites excluding steroid dienone is 36. The third kappa shape index (κ3) is 64.7. The number of carbonyl (C=O) groups excluding carboxylic acids is 2. The number of ether oxygens (including phenoxy) is 2. The standard InChI is InChI=1S/C75H112O5/c1-3-5-7-9-11-13-15-17-19-21-23-25-27-29-31-32-33-34-35-36-37-38-39-40-41-42-44-46-48-50-52-54-56-58-60-62-64-66-68-70-75(78)80-73(71-76)72-79-74(77)69-67-65-63-61-59-57-55-53-51-49-47-45-43-30-28-26-24-22-20-18-16-14-12-10-8-6-4-2/h5-8,11-14,17-20,23-26,29-31,33-34,36-37,39-40,42-44,47-50,54,56,60,62,73,76H,3-4,9-10,15-16,21-22,27-28,32,35,38,41,45-46,51-53,55,57-59,61,63-72H2,1-2H3/b7-5-,8-6-,13-11-,14-12-,19-17-,20-18-,25-23-,26-24-,31-29-,34-33-,37-36-,40-39-,43-30-,44-42-,49-47-,50-48-,56-54-,62-60-. The van der Waals surface area contributed by atoms with Crippen LogP contribution in [0.5, 0.6) is 0 Å². The van der Waals surface area contributed by atoms with Crippen LogP contribution in [0.15, 0.2) is 219 Å². The third-order valence-electron chi connectivity index (χ3n) is 12.3. The Hall–Kier alpha value is -5.78. The van der Waals surface area contributed by atoms with Crippen LogP contribution in [0.3, 0.4) is 0 Å². The Morgan fingerprint density at radius 2 is 0.500 bits per heavy atom. The van der Waals surface area contributed by atoms with Crippen molar-refractivity contribution in [1.29, 1.82) is 0 Å². The molecule has 0 saturated carbocycles. The predicted octanol–water partition coefficient (Wildman–Crippen LogP) is 22.0. The summed E-state index contributed by atoms with van der Waals surface area (Å²) in [5.74, 6) is -0.670. The molecule has 0 radical (unpaired) electrons. The first-order valence-corrected chi connectivity index (χ1v) is 31.3. The average molecular weight is 1090 g/mol. The highest BCUT2D eigenvalue weighted by Crippen LogP contribution is 2.12. The number of unbranched alkanes of at least 4 members (excludes halogenated alkanes) is 10. The Bertz CT molecular complexity index is 1960. The SMILES string of the molecule is CC/C=C\C/C=C\C/C=C\C/C=C\C/C=C\C/C=C\C/C=C\C/C=C\C/C=C\C/C=C\C/C=C\C/C=C\CCCCC(=O)OC(CO)COC(=O)CCCCCCCCCC/C=C\C/C=C\C/C=C\C/C=C\C/C=C\C/C=C\CC. The third-order valence-corrected chi connectivity index (χ3v) is 12.3. The molecule has 0 saturated heterocycles. The van der Waals surface area contributed by atoms with E-state index in [9.17, 15) is 14.7 Å². The molecule has 442 valence electrons. The zero-order chi connectivity index (χ0) is 57.6. The molecule has 0 rings (SSSR count). The molecule has 0 aromatic heterocycles. The fraction of sp³-hybridized carbons (Fsp3) is 0.493. The second kappa shape index (κ2) is 67.5. The Kier molecular flexibility index (Phi) is 62.6. The van der Waals surface area contributed by atoms with E-state index in [0.29, 0.717) is 12.8 Å².